The van der Waals surface area contributed by atoms with Crippen molar-refractivity contribution in [3.63, 3.8) is 0 Å². The van der Waals surface area contributed by atoms with Gasteiger partial charge in [0.2, 0.25) is 5.91 Å². The molecule has 0 fully saturated rings. The quantitative estimate of drug-likeness (QED) is 0.858. The molecule has 0 bridgehead atoms. The van der Waals surface area contributed by atoms with E-state index < -0.39 is 0 Å². The summed E-state index contributed by atoms with van der Waals surface area (Å²) in [7, 11) is 1.67. The van der Waals surface area contributed by atoms with Crippen LogP contribution in [0.1, 0.15) is 5.56 Å². The second-order valence-electron chi connectivity index (χ2n) is 4.71. The Balaban J connectivity index is 2.15. The Labute approximate surface area is 117 Å². The minimum absolute atomic E-state index is 0.0139. The minimum Gasteiger partial charge on any atom is -0.399 e. The summed E-state index contributed by atoms with van der Waals surface area (Å²) in [4.78, 5) is 25.4. The van der Waals surface area contributed by atoms with E-state index in [1.54, 1.807) is 43.6 Å². The summed E-state index contributed by atoms with van der Waals surface area (Å²) in [5, 5.41) is 0. The Bertz CT molecular complexity index is 674. The molecule has 2 rings (SSSR count). The number of pyridine rings is 1. The smallest absolute Gasteiger partial charge is 0.251 e. The third kappa shape index (κ3) is 3.06. The number of anilines is 2. The minimum atomic E-state index is -0.177. The lowest BCUT2D eigenvalue weighted by Gasteiger charge is -2.18. The van der Waals surface area contributed by atoms with Crippen LogP contribution in [0.25, 0.3) is 0 Å². The van der Waals surface area contributed by atoms with Crippen LogP contribution in [0.3, 0.4) is 0 Å². The van der Waals surface area contributed by atoms with Crippen LogP contribution in [-0.2, 0) is 11.3 Å². The number of amides is 1. The van der Waals surface area contributed by atoms with E-state index in [1.807, 2.05) is 6.92 Å². The standard InChI is InChI=1S/C15H17N3O2/c1-11-7-8-18(14(19)9-11)10-15(20)17(2)13-5-3-12(16)4-6-13/h3-9H,10,16H2,1-2H3. The number of aromatic nitrogens is 1. The largest absolute Gasteiger partial charge is 0.399 e. The van der Waals surface area contributed by atoms with Crippen LogP contribution in [0.4, 0.5) is 11.4 Å². The van der Waals surface area contributed by atoms with Gasteiger partial charge in [-0.2, -0.15) is 0 Å². The van der Waals surface area contributed by atoms with E-state index in [-0.39, 0.29) is 18.0 Å². The number of nitrogens with zero attached hydrogens (tertiary/aromatic N) is 2. The lowest BCUT2D eigenvalue weighted by Crippen LogP contribution is -2.33. The van der Waals surface area contributed by atoms with Gasteiger partial charge in [0.15, 0.2) is 0 Å². The van der Waals surface area contributed by atoms with E-state index in [1.165, 1.54) is 15.5 Å². The van der Waals surface area contributed by atoms with E-state index >= 15 is 0 Å². The van der Waals surface area contributed by atoms with Gasteiger partial charge in [0.1, 0.15) is 6.54 Å². The lowest BCUT2D eigenvalue weighted by molar-refractivity contribution is -0.118. The second-order valence-corrected chi connectivity index (χ2v) is 4.71. The van der Waals surface area contributed by atoms with Crippen molar-refractivity contribution in [1.29, 1.82) is 0 Å². The molecule has 104 valence electrons. The summed E-state index contributed by atoms with van der Waals surface area (Å²) in [6.07, 6.45) is 1.63. The zero-order chi connectivity index (χ0) is 14.7. The van der Waals surface area contributed by atoms with Gasteiger partial charge in [-0.1, -0.05) is 0 Å². The van der Waals surface area contributed by atoms with Crippen LogP contribution in [0.2, 0.25) is 0 Å². The maximum Gasteiger partial charge on any atom is 0.251 e. The predicted octanol–water partition coefficient (Wildman–Crippen LogP) is 1.40. The van der Waals surface area contributed by atoms with Crippen molar-refractivity contribution < 1.29 is 4.79 Å². The fourth-order valence-corrected chi connectivity index (χ4v) is 1.83. The lowest BCUT2D eigenvalue weighted by atomic mass is 10.2. The highest BCUT2D eigenvalue weighted by atomic mass is 16.2. The van der Waals surface area contributed by atoms with Crippen LogP contribution in [0.15, 0.2) is 47.4 Å². The maximum absolute atomic E-state index is 12.2. The molecular weight excluding hydrogens is 254 g/mol. The van der Waals surface area contributed by atoms with E-state index in [4.69, 9.17) is 5.73 Å². The van der Waals surface area contributed by atoms with Crippen LogP contribution in [0, 0.1) is 6.92 Å². The molecule has 0 unspecified atom stereocenters. The number of hydrogen-bond acceptors (Lipinski definition) is 3. The molecule has 0 aliphatic heterocycles. The number of likely N-dealkylation sites (N-methyl/N-ethyl adjacent to an activating group) is 1. The molecule has 5 nitrogen and oxygen atoms in total. The van der Waals surface area contributed by atoms with Gasteiger partial charge < -0.3 is 15.2 Å². The summed E-state index contributed by atoms with van der Waals surface area (Å²) < 4.78 is 1.39. The fourth-order valence-electron chi connectivity index (χ4n) is 1.83. The van der Waals surface area contributed by atoms with E-state index in [0.29, 0.717) is 5.69 Å². The topological polar surface area (TPSA) is 68.3 Å². The summed E-state index contributed by atoms with van der Waals surface area (Å²) >= 11 is 0. The molecule has 0 saturated heterocycles. The molecule has 0 saturated carbocycles. The van der Waals surface area contributed by atoms with Crippen LogP contribution >= 0.6 is 0 Å². The van der Waals surface area contributed by atoms with E-state index in [9.17, 15) is 9.59 Å². The first kappa shape index (κ1) is 13.9. The van der Waals surface area contributed by atoms with Crippen molar-refractivity contribution in [3.05, 3.63) is 58.5 Å². The van der Waals surface area contributed by atoms with E-state index in [2.05, 4.69) is 0 Å². The van der Waals surface area contributed by atoms with Crippen molar-refractivity contribution in [3.8, 4) is 0 Å². The van der Waals surface area contributed by atoms with Crippen LogP contribution in [0.5, 0.6) is 0 Å². The third-order valence-electron chi connectivity index (χ3n) is 3.11. The monoisotopic (exact) mass is 271 g/mol. The first-order valence-electron chi connectivity index (χ1n) is 6.26. The zero-order valence-electron chi connectivity index (χ0n) is 11.5. The summed E-state index contributed by atoms with van der Waals surface area (Å²) in [5.74, 6) is -0.166. The first-order valence-corrected chi connectivity index (χ1v) is 6.26. The predicted molar refractivity (Wildman–Crippen MR) is 79.7 cm³/mol. The molecule has 1 heterocycles. The average molecular weight is 271 g/mol. The van der Waals surface area contributed by atoms with Gasteiger partial charge in [-0.15, -0.1) is 0 Å². The van der Waals surface area contributed by atoms with Crippen LogP contribution in [-0.4, -0.2) is 17.5 Å². The number of nitrogens with two attached hydrogens (primary N) is 1. The summed E-state index contributed by atoms with van der Waals surface area (Å²) in [5.41, 5.74) is 7.70. The molecule has 0 aliphatic carbocycles. The van der Waals surface area contributed by atoms with Crippen molar-refractivity contribution >= 4 is 17.3 Å². The molecular formula is C15H17N3O2. The molecule has 5 heteroatoms. The number of benzene rings is 1. The third-order valence-corrected chi connectivity index (χ3v) is 3.11. The van der Waals surface area contributed by atoms with Gasteiger partial charge >= 0.3 is 0 Å². The first-order chi connectivity index (χ1) is 9.47. The Hall–Kier alpha value is -2.56. The van der Waals surface area contributed by atoms with Gasteiger partial charge in [0.25, 0.3) is 5.56 Å². The molecule has 0 atom stereocenters. The number of carbonyl (C=O) groups excluding carboxylic acids is 1. The average Bonchev–Trinajstić information content (AvgIpc) is 2.42. The van der Waals surface area contributed by atoms with Crippen LogP contribution < -0.4 is 16.2 Å². The molecule has 2 aromatic rings. The highest BCUT2D eigenvalue weighted by molar-refractivity contribution is 5.92. The Kier molecular flexibility index (Phi) is 3.89. The van der Waals surface area contributed by atoms with Crippen molar-refractivity contribution in [1.82, 2.24) is 4.57 Å². The number of aryl methyl sites for hydroxylation is 1. The SMILES string of the molecule is Cc1ccn(CC(=O)N(C)c2ccc(N)cc2)c(=O)c1. The van der Waals surface area contributed by atoms with Crippen molar-refractivity contribution in [2.45, 2.75) is 13.5 Å². The van der Waals surface area contributed by atoms with Gasteiger partial charge in [-0.25, -0.2) is 0 Å². The fraction of sp³-hybridized carbons (Fsp3) is 0.200. The number of carbonyl (C=O) groups is 1. The Morgan fingerprint density at radius 2 is 1.90 bits per heavy atom. The van der Waals surface area contributed by atoms with E-state index in [0.717, 1.165) is 11.3 Å². The highest BCUT2D eigenvalue weighted by Crippen LogP contribution is 2.15. The van der Waals surface area contributed by atoms with Gasteiger partial charge in [0.05, 0.1) is 0 Å². The van der Waals surface area contributed by atoms with Crippen molar-refractivity contribution in [2.75, 3.05) is 17.7 Å². The highest BCUT2D eigenvalue weighted by Gasteiger charge is 2.12. The maximum atomic E-state index is 12.2. The van der Waals surface area contributed by atoms with Gasteiger partial charge in [0, 0.05) is 30.7 Å². The zero-order valence-corrected chi connectivity index (χ0v) is 11.5. The molecule has 20 heavy (non-hydrogen) atoms. The molecule has 2 N–H and O–H groups in total. The Morgan fingerprint density at radius 1 is 1.25 bits per heavy atom. The summed E-state index contributed by atoms with van der Waals surface area (Å²) in [6, 6.07) is 10.3. The molecule has 1 amide bonds. The molecule has 1 aromatic carbocycles. The summed E-state index contributed by atoms with van der Waals surface area (Å²) in [6.45, 7) is 1.86. The molecule has 0 radical (unpaired) electrons. The Morgan fingerprint density at radius 3 is 2.50 bits per heavy atom. The second kappa shape index (κ2) is 5.61. The van der Waals surface area contributed by atoms with Gasteiger partial charge in [-0.05, 0) is 42.8 Å². The normalized spacial score (nSPS) is 10.3. The molecule has 1 aromatic heterocycles. The van der Waals surface area contributed by atoms with Crippen molar-refractivity contribution in [2.24, 2.45) is 0 Å². The van der Waals surface area contributed by atoms with Gasteiger partial charge in [-0.3, -0.25) is 9.59 Å². The molecule has 0 spiro atoms. The number of rotatable bonds is 3. The number of nitrogen functional groups attached to an aromatic ring is 1. The molecule has 0 aliphatic rings. The number of hydrogen-bond donors (Lipinski definition) is 1.